The van der Waals surface area contributed by atoms with Crippen LogP contribution >= 0.6 is 0 Å². The molecule has 4 nitrogen and oxygen atoms in total. The fraction of sp³-hybridized carbons (Fsp3) is 0.385. The van der Waals surface area contributed by atoms with Crippen molar-refractivity contribution in [2.45, 2.75) is 19.8 Å². The molecule has 1 fully saturated rings. The lowest BCUT2D eigenvalue weighted by Gasteiger charge is -2.06. The fourth-order valence-corrected chi connectivity index (χ4v) is 1.62. The number of nitrogens with zero attached hydrogens (tertiary/aromatic N) is 1. The second-order valence-electron chi connectivity index (χ2n) is 4.17. The molecule has 1 aliphatic carbocycles. The quantitative estimate of drug-likeness (QED) is 0.639. The molecular formula is C13H16N2O2. The zero-order valence-electron chi connectivity index (χ0n) is 10.1. The number of benzene rings is 1. The van der Waals surface area contributed by atoms with Crippen LogP contribution in [0, 0.1) is 5.92 Å². The van der Waals surface area contributed by atoms with Crippen LogP contribution in [0.15, 0.2) is 29.4 Å². The lowest BCUT2D eigenvalue weighted by molar-refractivity contribution is 0.0951. The van der Waals surface area contributed by atoms with E-state index in [1.807, 2.05) is 13.0 Å². The average Bonchev–Trinajstić information content (AvgIpc) is 3.19. The van der Waals surface area contributed by atoms with E-state index in [1.54, 1.807) is 25.3 Å². The highest BCUT2D eigenvalue weighted by Crippen LogP contribution is 2.30. The van der Waals surface area contributed by atoms with Gasteiger partial charge < -0.3 is 4.74 Å². The highest BCUT2D eigenvalue weighted by Gasteiger charge is 2.24. The number of hydrogen-bond acceptors (Lipinski definition) is 3. The molecule has 17 heavy (non-hydrogen) atoms. The zero-order valence-corrected chi connectivity index (χ0v) is 10.1. The molecule has 1 aromatic rings. The predicted molar refractivity (Wildman–Crippen MR) is 66.3 cm³/mol. The third kappa shape index (κ3) is 2.84. The second-order valence-corrected chi connectivity index (χ2v) is 4.17. The molecule has 0 heterocycles. The van der Waals surface area contributed by atoms with E-state index in [4.69, 9.17) is 4.74 Å². The normalized spacial score (nSPS) is 15.5. The molecular weight excluding hydrogens is 216 g/mol. The summed E-state index contributed by atoms with van der Waals surface area (Å²) in [5, 5.41) is 4.10. The molecule has 1 N–H and O–H groups in total. The fourth-order valence-electron chi connectivity index (χ4n) is 1.62. The second kappa shape index (κ2) is 4.99. The maximum absolute atomic E-state index is 11.9. The van der Waals surface area contributed by atoms with Gasteiger partial charge in [0.05, 0.1) is 12.7 Å². The Morgan fingerprint density at radius 1 is 1.41 bits per heavy atom. The first-order valence-electron chi connectivity index (χ1n) is 5.70. The number of carbonyl (C=O) groups excluding carboxylic acids is 1. The van der Waals surface area contributed by atoms with Crippen molar-refractivity contribution in [1.82, 2.24) is 5.43 Å². The van der Waals surface area contributed by atoms with Crippen molar-refractivity contribution in [3.05, 3.63) is 29.8 Å². The molecule has 4 heteroatoms. The summed E-state index contributed by atoms with van der Waals surface area (Å²) >= 11 is 0. The summed E-state index contributed by atoms with van der Waals surface area (Å²) < 4.78 is 5.12. The van der Waals surface area contributed by atoms with Crippen molar-refractivity contribution in [2.75, 3.05) is 7.11 Å². The summed E-state index contributed by atoms with van der Waals surface area (Å²) in [7, 11) is 1.55. The number of hydrogen-bond donors (Lipinski definition) is 1. The van der Waals surface area contributed by atoms with Gasteiger partial charge >= 0.3 is 0 Å². The van der Waals surface area contributed by atoms with Gasteiger partial charge in [-0.05, 0) is 37.8 Å². The third-order valence-electron chi connectivity index (χ3n) is 2.85. The van der Waals surface area contributed by atoms with Crippen molar-refractivity contribution in [1.29, 1.82) is 0 Å². The first kappa shape index (κ1) is 11.6. The molecule has 0 radical (unpaired) electrons. The SMILES string of the molecule is COc1ccccc1C(=O)NN=C(C)C1CC1. The van der Waals surface area contributed by atoms with Crippen LogP contribution in [0.5, 0.6) is 5.75 Å². The standard InChI is InChI=1S/C13H16N2O2/c1-9(10-7-8-10)14-15-13(16)11-5-3-4-6-12(11)17-2/h3-6,10H,7-8H2,1-2H3,(H,15,16). The number of ether oxygens (including phenoxy) is 1. The first-order valence-corrected chi connectivity index (χ1v) is 5.70. The lowest BCUT2D eigenvalue weighted by Crippen LogP contribution is -2.20. The minimum atomic E-state index is -0.234. The number of hydrazone groups is 1. The summed E-state index contributed by atoms with van der Waals surface area (Å²) in [6.45, 7) is 1.94. The predicted octanol–water partition coefficient (Wildman–Crippen LogP) is 2.21. The summed E-state index contributed by atoms with van der Waals surface area (Å²) in [4.78, 5) is 11.9. The monoisotopic (exact) mass is 232 g/mol. The Morgan fingerprint density at radius 2 is 2.12 bits per heavy atom. The molecule has 1 amide bonds. The topological polar surface area (TPSA) is 50.7 Å². The molecule has 2 rings (SSSR count). The highest BCUT2D eigenvalue weighted by atomic mass is 16.5. The minimum Gasteiger partial charge on any atom is -0.496 e. The smallest absolute Gasteiger partial charge is 0.275 e. The number of amides is 1. The van der Waals surface area contributed by atoms with E-state index in [1.165, 1.54) is 12.8 Å². The molecule has 0 atom stereocenters. The zero-order chi connectivity index (χ0) is 12.3. The molecule has 1 saturated carbocycles. The van der Waals surface area contributed by atoms with Gasteiger partial charge in [0.2, 0.25) is 0 Å². The molecule has 0 aliphatic heterocycles. The summed E-state index contributed by atoms with van der Waals surface area (Å²) in [5.41, 5.74) is 4.06. The number of methoxy groups -OCH3 is 1. The van der Waals surface area contributed by atoms with E-state index in [0.29, 0.717) is 17.2 Å². The summed E-state index contributed by atoms with van der Waals surface area (Å²) in [6, 6.07) is 7.10. The van der Waals surface area contributed by atoms with Gasteiger partial charge in [0, 0.05) is 5.71 Å². The molecule has 0 aromatic heterocycles. The van der Waals surface area contributed by atoms with Gasteiger partial charge in [-0.15, -0.1) is 0 Å². The Kier molecular flexibility index (Phi) is 3.42. The van der Waals surface area contributed by atoms with E-state index in [2.05, 4.69) is 10.5 Å². The van der Waals surface area contributed by atoms with E-state index in [0.717, 1.165) is 5.71 Å². The van der Waals surface area contributed by atoms with Crippen LogP contribution < -0.4 is 10.2 Å². The van der Waals surface area contributed by atoms with Crippen LogP contribution in [0.4, 0.5) is 0 Å². The maximum Gasteiger partial charge on any atom is 0.275 e. The van der Waals surface area contributed by atoms with Gasteiger partial charge in [-0.1, -0.05) is 12.1 Å². The highest BCUT2D eigenvalue weighted by molar-refractivity contribution is 5.98. The number of carbonyl (C=O) groups is 1. The van der Waals surface area contributed by atoms with E-state index < -0.39 is 0 Å². The third-order valence-corrected chi connectivity index (χ3v) is 2.85. The molecule has 0 unspecified atom stereocenters. The van der Waals surface area contributed by atoms with Crippen LogP contribution in [0.1, 0.15) is 30.1 Å². The first-order chi connectivity index (χ1) is 8.22. The van der Waals surface area contributed by atoms with Crippen LogP contribution in [0.25, 0.3) is 0 Å². The Labute approximate surface area is 101 Å². The van der Waals surface area contributed by atoms with Gasteiger partial charge in [0.1, 0.15) is 5.75 Å². The van der Waals surface area contributed by atoms with Crippen molar-refractivity contribution in [2.24, 2.45) is 11.0 Å². The number of para-hydroxylation sites is 1. The van der Waals surface area contributed by atoms with Crippen molar-refractivity contribution in [3.63, 3.8) is 0 Å². The van der Waals surface area contributed by atoms with Crippen molar-refractivity contribution in [3.8, 4) is 5.75 Å². The van der Waals surface area contributed by atoms with E-state index in [-0.39, 0.29) is 5.91 Å². The Morgan fingerprint density at radius 3 is 2.76 bits per heavy atom. The Hall–Kier alpha value is -1.84. The minimum absolute atomic E-state index is 0.234. The number of rotatable bonds is 4. The van der Waals surface area contributed by atoms with Crippen LogP contribution in [-0.4, -0.2) is 18.7 Å². The molecule has 90 valence electrons. The van der Waals surface area contributed by atoms with Gasteiger partial charge in [-0.2, -0.15) is 5.10 Å². The van der Waals surface area contributed by atoms with Crippen LogP contribution in [0.3, 0.4) is 0 Å². The summed E-state index contributed by atoms with van der Waals surface area (Å²) in [5.74, 6) is 0.889. The van der Waals surface area contributed by atoms with Crippen molar-refractivity contribution < 1.29 is 9.53 Å². The maximum atomic E-state index is 11.9. The molecule has 1 aromatic carbocycles. The molecule has 0 bridgehead atoms. The van der Waals surface area contributed by atoms with Crippen LogP contribution in [-0.2, 0) is 0 Å². The molecule has 0 saturated heterocycles. The van der Waals surface area contributed by atoms with Crippen LogP contribution in [0.2, 0.25) is 0 Å². The lowest BCUT2D eigenvalue weighted by atomic mass is 10.2. The van der Waals surface area contributed by atoms with Gasteiger partial charge in [0.15, 0.2) is 0 Å². The van der Waals surface area contributed by atoms with Crippen molar-refractivity contribution >= 4 is 11.6 Å². The Balaban J connectivity index is 2.06. The molecule has 1 aliphatic rings. The van der Waals surface area contributed by atoms with Gasteiger partial charge in [-0.3, -0.25) is 4.79 Å². The average molecular weight is 232 g/mol. The van der Waals surface area contributed by atoms with E-state index >= 15 is 0 Å². The van der Waals surface area contributed by atoms with Gasteiger partial charge in [0.25, 0.3) is 5.91 Å². The largest absolute Gasteiger partial charge is 0.496 e. The van der Waals surface area contributed by atoms with E-state index in [9.17, 15) is 4.79 Å². The Bertz CT molecular complexity index is 450. The number of nitrogens with one attached hydrogen (secondary N) is 1. The molecule has 0 spiro atoms. The summed E-state index contributed by atoms with van der Waals surface area (Å²) in [6.07, 6.45) is 2.36. The van der Waals surface area contributed by atoms with Gasteiger partial charge in [-0.25, -0.2) is 5.43 Å².